The first kappa shape index (κ1) is 62.1. The molecule has 0 saturated heterocycles. The van der Waals surface area contributed by atoms with Crippen LogP contribution in [-0.2, 0) is 58.1 Å². The Morgan fingerprint density at radius 1 is 0.404 bits per heavy atom. The summed E-state index contributed by atoms with van der Waals surface area (Å²) in [7, 11) is 0. The average Bonchev–Trinajstić information content (AvgIpc) is 2.99. The van der Waals surface area contributed by atoms with Crippen LogP contribution in [0.2, 0.25) is 0 Å². The summed E-state index contributed by atoms with van der Waals surface area (Å²) >= 11 is 7.88. The van der Waals surface area contributed by atoms with Gasteiger partial charge in [0.05, 0.1) is 29.8 Å². The predicted octanol–water partition coefficient (Wildman–Crippen LogP) is -5.92. The molecule has 0 unspecified atom stereocenters. The van der Waals surface area contributed by atoms with E-state index in [9.17, 15) is 49.5 Å². The van der Waals surface area contributed by atoms with Gasteiger partial charge in [0.25, 0.3) is 0 Å². The molecule has 0 heterocycles. The van der Waals surface area contributed by atoms with Gasteiger partial charge in [-0.05, 0) is 92.1 Å². The molecule has 5 atom stereocenters. The summed E-state index contributed by atoms with van der Waals surface area (Å²) in [6.45, 7) is 0. The summed E-state index contributed by atoms with van der Waals surface area (Å²) in [4.78, 5) is 49.8. The molecule has 0 saturated carbocycles. The normalized spacial score (nSPS) is 12.6. The van der Waals surface area contributed by atoms with Gasteiger partial charge in [0.1, 0.15) is 0 Å². The van der Waals surface area contributed by atoms with Gasteiger partial charge in [0, 0.05) is 30.2 Å². The summed E-state index contributed by atoms with van der Waals surface area (Å²) in [6, 6.07) is -3.97. The van der Waals surface area contributed by atoms with Crippen molar-refractivity contribution in [1.29, 1.82) is 0 Å². The molecule has 0 aromatic heterocycles. The van der Waals surface area contributed by atoms with E-state index in [4.69, 9.17) is 28.7 Å². The van der Waals surface area contributed by atoms with Crippen molar-refractivity contribution >= 4 is 88.7 Å². The van der Waals surface area contributed by atoms with Crippen LogP contribution in [0.4, 0.5) is 0 Å². The first-order valence-corrected chi connectivity index (χ1v) is 20.1. The third-order valence-electron chi connectivity index (χ3n) is 4.68. The van der Waals surface area contributed by atoms with Crippen LogP contribution in [0.1, 0.15) is 32.1 Å². The number of carboxylic acids is 5. The monoisotopic (exact) mass is 852 g/mol. The number of thioether (sulfide) groups is 5. The van der Waals surface area contributed by atoms with Crippen molar-refractivity contribution in [2.75, 3.05) is 60.0 Å². The Labute approximate surface area is 321 Å². The first-order valence-electron chi connectivity index (χ1n) is 13.2. The number of rotatable bonds is 20. The fourth-order valence-corrected chi connectivity index (χ4v) is 4.26. The molecule has 15 nitrogen and oxygen atoms in total. The maximum absolute atomic E-state index is 9.96. The second kappa shape index (κ2) is 45.9. The van der Waals surface area contributed by atoms with Crippen molar-refractivity contribution in [3.8, 4) is 0 Å². The predicted molar refractivity (Wildman–Crippen MR) is 180 cm³/mol. The maximum atomic E-state index is 9.96. The third kappa shape index (κ3) is 55.6. The zero-order valence-corrected chi connectivity index (χ0v) is 33.5. The molecule has 281 valence electrons. The number of aliphatic carboxylic acids is 5. The smallest absolute Gasteiger partial charge is 0.548 e. The van der Waals surface area contributed by atoms with Gasteiger partial charge in [-0.2, -0.15) is 58.8 Å². The molecule has 0 amide bonds. The summed E-state index contributed by atoms with van der Waals surface area (Å²) in [5.74, 6) is -1.95. The van der Waals surface area contributed by atoms with Crippen LogP contribution >= 0.6 is 58.8 Å². The molecule has 0 bridgehead atoms. The second-order valence-electron chi connectivity index (χ2n) is 8.54. The van der Waals surface area contributed by atoms with E-state index in [0.717, 1.165) is 28.8 Å². The molecular formula is C25H50Fe2N5O10S5. The van der Waals surface area contributed by atoms with E-state index in [-0.39, 0.29) is 34.1 Å². The summed E-state index contributed by atoms with van der Waals surface area (Å²) in [5, 5.41) is 49.8. The maximum Gasteiger partial charge on any atom is 3.00 e. The molecule has 0 aliphatic heterocycles. The molecule has 1 radical (unpaired) electrons. The molecule has 0 aliphatic rings. The average molecular weight is 853 g/mol. The van der Waals surface area contributed by atoms with Gasteiger partial charge >= 0.3 is 34.1 Å². The van der Waals surface area contributed by atoms with E-state index < -0.39 is 60.1 Å². The van der Waals surface area contributed by atoms with E-state index in [2.05, 4.69) is 0 Å². The molecule has 0 spiro atoms. The zero-order chi connectivity index (χ0) is 36.4. The number of nitrogens with two attached hydrogens (primary N) is 5. The van der Waals surface area contributed by atoms with Crippen molar-refractivity contribution in [2.24, 2.45) is 28.7 Å². The van der Waals surface area contributed by atoms with Gasteiger partial charge in [-0.1, -0.05) is 0 Å². The number of carboxylic acid groups (broad SMARTS) is 5. The Morgan fingerprint density at radius 3 is 0.574 bits per heavy atom. The molecule has 0 aromatic carbocycles. The molecule has 0 aromatic rings. The van der Waals surface area contributed by atoms with Gasteiger partial charge in [0.15, 0.2) is 0 Å². The van der Waals surface area contributed by atoms with Crippen molar-refractivity contribution in [3.63, 3.8) is 0 Å². The fourth-order valence-electron chi connectivity index (χ4n) is 1.81. The van der Waals surface area contributed by atoms with E-state index in [1.54, 1.807) is 58.8 Å². The molecule has 10 N–H and O–H groups in total. The van der Waals surface area contributed by atoms with Crippen molar-refractivity contribution in [3.05, 3.63) is 0 Å². The van der Waals surface area contributed by atoms with Crippen LogP contribution in [0.15, 0.2) is 0 Å². The minimum absolute atomic E-state index is 0. The SMILES string of the molecule is CSCC[C@H](N)C(=O)[O-].CSCC[C@H](N)C(=O)[O-].CSCC[C@H](N)C(=O)[O-].CSCC[C@H](N)C(=O)[O-].CSCC[C@H](N)C(=O)[O-].[Fe+2].[Fe+3]. The standard InChI is InChI=1S/5C5H11NO2S.2Fe/c5*1-9-3-2-4(6)5(7)8;;/h5*4H,2-3,6H2,1H3,(H,7,8);;/q;;;;;+2;+3/p-5/t5*4-;;/m00000../s1. The quantitative estimate of drug-likeness (QED) is 0.0712. The Balaban J connectivity index is -0.0000000842. The third-order valence-corrected chi connectivity index (χ3v) is 7.90. The van der Waals surface area contributed by atoms with E-state index in [1.165, 1.54) is 0 Å². The Hall–Kier alpha value is -0.0610. The van der Waals surface area contributed by atoms with Crippen LogP contribution in [0.3, 0.4) is 0 Å². The fraction of sp³-hybridized carbons (Fsp3) is 0.800. The summed E-state index contributed by atoms with van der Waals surface area (Å²) < 4.78 is 0. The zero-order valence-electron chi connectivity index (χ0n) is 27.2. The molecule has 0 rings (SSSR count). The Bertz CT molecular complexity index is 636. The molecule has 47 heavy (non-hydrogen) atoms. The van der Waals surface area contributed by atoms with Crippen LogP contribution in [0.5, 0.6) is 0 Å². The molecular weight excluding hydrogens is 802 g/mol. The topological polar surface area (TPSA) is 331 Å². The minimum atomic E-state index is -1.16. The number of carbonyl (C=O) groups is 5. The van der Waals surface area contributed by atoms with Crippen molar-refractivity contribution in [1.82, 2.24) is 0 Å². The van der Waals surface area contributed by atoms with Gasteiger partial charge in [-0.15, -0.1) is 0 Å². The number of carbonyl (C=O) groups excluding carboxylic acids is 5. The molecule has 22 heteroatoms. The van der Waals surface area contributed by atoms with Gasteiger partial charge in [-0.25, -0.2) is 0 Å². The van der Waals surface area contributed by atoms with Crippen LogP contribution in [0, 0.1) is 0 Å². The van der Waals surface area contributed by atoms with Crippen LogP contribution in [0.25, 0.3) is 0 Å². The van der Waals surface area contributed by atoms with Crippen LogP contribution < -0.4 is 54.2 Å². The van der Waals surface area contributed by atoms with Crippen molar-refractivity contribution < 1.29 is 83.6 Å². The minimum Gasteiger partial charge on any atom is -0.548 e. The summed E-state index contributed by atoms with van der Waals surface area (Å²) in [5.41, 5.74) is 25.6. The molecule has 0 fully saturated rings. The second-order valence-corrected chi connectivity index (χ2v) is 13.5. The number of hydrogen-bond acceptors (Lipinski definition) is 20. The van der Waals surface area contributed by atoms with Crippen LogP contribution in [-0.4, -0.2) is 120 Å². The first-order chi connectivity index (χ1) is 20.9. The van der Waals surface area contributed by atoms with Crippen molar-refractivity contribution in [2.45, 2.75) is 62.3 Å². The summed E-state index contributed by atoms with van der Waals surface area (Å²) in [6.07, 6.45) is 12.0. The van der Waals surface area contributed by atoms with E-state index >= 15 is 0 Å². The van der Waals surface area contributed by atoms with Gasteiger partial charge in [0.2, 0.25) is 0 Å². The van der Waals surface area contributed by atoms with Gasteiger partial charge < -0.3 is 78.2 Å². The van der Waals surface area contributed by atoms with E-state index in [0.29, 0.717) is 32.1 Å². The largest absolute Gasteiger partial charge is 3.00 e. The molecule has 0 aliphatic carbocycles. The van der Waals surface area contributed by atoms with E-state index in [1.807, 2.05) is 31.3 Å². The Kier molecular flexibility index (Phi) is 60.7. The Morgan fingerprint density at radius 2 is 0.511 bits per heavy atom. The van der Waals surface area contributed by atoms with Gasteiger partial charge in [-0.3, -0.25) is 0 Å². The number of hydrogen-bond donors (Lipinski definition) is 5.